The highest BCUT2D eigenvalue weighted by Gasteiger charge is 2.37. The molecule has 2 aliphatic rings. The Labute approximate surface area is 142 Å². The van der Waals surface area contributed by atoms with Crippen molar-refractivity contribution in [3.05, 3.63) is 48.2 Å². The first kappa shape index (κ1) is 15.4. The van der Waals surface area contributed by atoms with Gasteiger partial charge in [0.05, 0.1) is 6.04 Å². The number of anilines is 1. The second-order valence-corrected chi connectivity index (χ2v) is 6.92. The summed E-state index contributed by atoms with van der Waals surface area (Å²) in [6.07, 6.45) is 6.29. The molecule has 1 saturated heterocycles. The molecule has 24 heavy (non-hydrogen) atoms. The third-order valence-electron chi connectivity index (χ3n) is 5.05. The molecule has 1 N–H and O–H groups in total. The smallest absolute Gasteiger partial charge is 0.245 e. The van der Waals surface area contributed by atoms with E-state index in [1.807, 2.05) is 30.3 Å². The number of aromatic nitrogens is 2. The molecule has 4 rings (SSSR count). The van der Waals surface area contributed by atoms with Crippen LogP contribution in [0.15, 0.2) is 42.6 Å². The molecule has 1 aromatic carbocycles. The predicted octanol–water partition coefficient (Wildman–Crippen LogP) is 2.66. The fraction of sp³-hybridized carbons (Fsp3) is 0.474. The quantitative estimate of drug-likeness (QED) is 0.920. The van der Waals surface area contributed by atoms with Gasteiger partial charge in [-0.25, -0.2) is 0 Å². The molecular weight excluding hydrogens is 300 g/mol. The number of hydrogen-bond donors (Lipinski definition) is 1. The van der Waals surface area contributed by atoms with Gasteiger partial charge in [-0.2, -0.15) is 5.10 Å². The third-order valence-corrected chi connectivity index (χ3v) is 5.05. The van der Waals surface area contributed by atoms with E-state index in [4.69, 9.17) is 0 Å². The summed E-state index contributed by atoms with van der Waals surface area (Å²) in [5.74, 6) is 1.57. The number of aryl methyl sites for hydroxylation is 1. The molecule has 1 saturated carbocycles. The zero-order valence-corrected chi connectivity index (χ0v) is 14.1. The Kier molecular flexibility index (Phi) is 4.10. The van der Waals surface area contributed by atoms with Crippen LogP contribution in [0.25, 0.3) is 0 Å². The Hall–Kier alpha value is -2.14. The molecule has 1 amide bonds. The molecule has 1 aliphatic carbocycles. The van der Waals surface area contributed by atoms with Gasteiger partial charge in [0.1, 0.15) is 0 Å². The molecule has 0 unspecified atom stereocenters. The minimum absolute atomic E-state index is 0.119. The Morgan fingerprint density at radius 1 is 1.17 bits per heavy atom. The molecule has 126 valence electrons. The van der Waals surface area contributed by atoms with Crippen LogP contribution in [0.4, 0.5) is 5.82 Å². The molecule has 2 fully saturated rings. The molecule has 2 atom stereocenters. The first-order valence-electron chi connectivity index (χ1n) is 8.84. The molecular formula is C19H24N4O. The van der Waals surface area contributed by atoms with Crippen molar-refractivity contribution in [2.75, 3.05) is 11.4 Å². The van der Waals surface area contributed by atoms with Crippen molar-refractivity contribution in [2.45, 2.75) is 37.8 Å². The average Bonchev–Trinajstić information content (AvgIpc) is 3.35. The van der Waals surface area contributed by atoms with Crippen LogP contribution in [0, 0.1) is 5.92 Å². The standard InChI is InChI=1S/C19H24N4O/c1-22-13-11-17(21-22)23-12-5-8-16(19(23)24)20-18(15-9-10-15)14-6-3-2-4-7-14/h2-4,6-7,11,13,15-16,18,20H,5,8-10,12H2,1H3/t16-,18+/m1/s1. The van der Waals surface area contributed by atoms with Crippen molar-refractivity contribution in [3.63, 3.8) is 0 Å². The second-order valence-electron chi connectivity index (χ2n) is 6.92. The normalized spacial score (nSPS) is 22.6. The van der Waals surface area contributed by atoms with Crippen molar-refractivity contribution >= 4 is 11.7 Å². The van der Waals surface area contributed by atoms with Crippen molar-refractivity contribution < 1.29 is 4.79 Å². The molecule has 5 heteroatoms. The number of nitrogens with zero attached hydrogens (tertiary/aromatic N) is 3. The average molecular weight is 324 g/mol. The number of piperidine rings is 1. The van der Waals surface area contributed by atoms with Gasteiger partial charge in [0.15, 0.2) is 5.82 Å². The lowest BCUT2D eigenvalue weighted by Crippen LogP contribution is -2.52. The maximum Gasteiger partial charge on any atom is 0.245 e. The summed E-state index contributed by atoms with van der Waals surface area (Å²) in [4.78, 5) is 14.8. The molecule has 0 spiro atoms. The van der Waals surface area contributed by atoms with Gasteiger partial charge in [0.25, 0.3) is 0 Å². The van der Waals surface area contributed by atoms with Gasteiger partial charge in [-0.1, -0.05) is 30.3 Å². The van der Waals surface area contributed by atoms with Crippen LogP contribution in [-0.4, -0.2) is 28.3 Å². The summed E-state index contributed by atoms with van der Waals surface area (Å²) in [6.45, 7) is 0.757. The number of carbonyl (C=O) groups is 1. The molecule has 1 aromatic heterocycles. The number of amides is 1. The summed E-state index contributed by atoms with van der Waals surface area (Å²) in [5, 5.41) is 8.06. The van der Waals surface area contributed by atoms with Crippen LogP contribution in [0.3, 0.4) is 0 Å². The number of benzene rings is 1. The van der Waals surface area contributed by atoms with Crippen LogP contribution < -0.4 is 10.2 Å². The second kappa shape index (κ2) is 6.40. The first-order chi connectivity index (χ1) is 11.7. The Morgan fingerprint density at radius 3 is 2.62 bits per heavy atom. The van der Waals surface area contributed by atoms with Gasteiger partial charge in [-0.15, -0.1) is 0 Å². The van der Waals surface area contributed by atoms with Crippen LogP contribution >= 0.6 is 0 Å². The molecule has 0 radical (unpaired) electrons. The van der Waals surface area contributed by atoms with Gasteiger partial charge < -0.3 is 0 Å². The minimum atomic E-state index is -0.119. The summed E-state index contributed by atoms with van der Waals surface area (Å²) in [7, 11) is 1.88. The van der Waals surface area contributed by atoms with Crippen molar-refractivity contribution in [1.29, 1.82) is 0 Å². The van der Waals surface area contributed by atoms with Gasteiger partial charge >= 0.3 is 0 Å². The van der Waals surface area contributed by atoms with Crippen LogP contribution in [0.1, 0.15) is 37.3 Å². The van der Waals surface area contributed by atoms with E-state index < -0.39 is 0 Å². The highest BCUT2D eigenvalue weighted by Crippen LogP contribution is 2.41. The number of carbonyl (C=O) groups excluding carboxylic acids is 1. The van der Waals surface area contributed by atoms with Crippen molar-refractivity contribution in [3.8, 4) is 0 Å². The van der Waals surface area contributed by atoms with E-state index in [2.05, 4.69) is 34.7 Å². The number of hydrogen-bond acceptors (Lipinski definition) is 3. The summed E-state index contributed by atoms with van der Waals surface area (Å²) in [5.41, 5.74) is 1.29. The van der Waals surface area contributed by atoms with E-state index >= 15 is 0 Å². The van der Waals surface area contributed by atoms with E-state index in [-0.39, 0.29) is 18.0 Å². The topological polar surface area (TPSA) is 50.2 Å². The largest absolute Gasteiger partial charge is 0.299 e. The monoisotopic (exact) mass is 324 g/mol. The van der Waals surface area contributed by atoms with Crippen LogP contribution in [-0.2, 0) is 11.8 Å². The van der Waals surface area contributed by atoms with E-state index in [0.717, 1.165) is 25.2 Å². The lowest BCUT2D eigenvalue weighted by Gasteiger charge is -2.34. The Balaban J connectivity index is 1.51. The first-order valence-corrected chi connectivity index (χ1v) is 8.84. The maximum atomic E-state index is 13.0. The van der Waals surface area contributed by atoms with Gasteiger partial charge in [-0.05, 0) is 37.2 Å². The van der Waals surface area contributed by atoms with E-state index in [9.17, 15) is 4.79 Å². The minimum Gasteiger partial charge on any atom is -0.299 e. The zero-order valence-electron chi connectivity index (χ0n) is 14.1. The highest BCUT2D eigenvalue weighted by molar-refractivity contribution is 5.97. The van der Waals surface area contributed by atoms with Crippen molar-refractivity contribution in [1.82, 2.24) is 15.1 Å². The summed E-state index contributed by atoms with van der Waals surface area (Å²) >= 11 is 0. The van der Waals surface area contributed by atoms with Crippen molar-refractivity contribution in [2.24, 2.45) is 13.0 Å². The molecule has 2 heterocycles. The van der Waals surface area contributed by atoms with E-state index in [1.54, 1.807) is 4.68 Å². The van der Waals surface area contributed by atoms with E-state index in [1.165, 1.54) is 18.4 Å². The molecule has 2 aromatic rings. The fourth-order valence-electron chi connectivity index (χ4n) is 3.62. The fourth-order valence-corrected chi connectivity index (χ4v) is 3.62. The summed E-state index contributed by atoms with van der Waals surface area (Å²) in [6, 6.07) is 12.6. The molecule has 0 bridgehead atoms. The maximum absolute atomic E-state index is 13.0. The van der Waals surface area contributed by atoms with Gasteiger partial charge in [-0.3, -0.25) is 19.7 Å². The lowest BCUT2D eigenvalue weighted by molar-refractivity contribution is -0.122. The zero-order chi connectivity index (χ0) is 16.5. The third kappa shape index (κ3) is 3.08. The summed E-state index contributed by atoms with van der Waals surface area (Å²) < 4.78 is 1.75. The predicted molar refractivity (Wildman–Crippen MR) is 93.6 cm³/mol. The number of rotatable bonds is 5. The molecule has 1 aliphatic heterocycles. The Morgan fingerprint density at radius 2 is 1.96 bits per heavy atom. The van der Waals surface area contributed by atoms with Gasteiger partial charge in [0.2, 0.25) is 5.91 Å². The van der Waals surface area contributed by atoms with Crippen LogP contribution in [0.2, 0.25) is 0 Å². The highest BCUT2D eigenvalue weighted by atomic mass is 16.2. The Bertz CT molecular complexity index is 707. The lowest BCUT2D eigenvalue weighted by atomic mass is 9.98. The number of nitrogens with one attached hydrogen (secondary N) is 1. The van der Waals surface area contributed by atoms with E-state index in [0.29, 0.717) is 5.92 Å². The van der Waals surface area contributed by atoms with Crippen LogP contribution in [0.5, 0.6) is 0 Å². The molecule has 5 nitrogen and oxygen atoms in total. The SMILES string of the molecule is Cn1ccc(N2CCC[C@@H](N[C@@H](c3ccccc3)C3CC3)C2=O)n1. The van der Waals surface area contributed by atoms with Gasteiger partial charge in [0, 0.05) is 31.9 Å².